The summed E-state index contributed by atoms with van der Waals surface area (Å²) >= 11 is 6.08. The number of esters is 1. The van der Waals surface area contributed by atoms with E-state index in [2.05, 4.69) is 20.6 Å². The summed E-state index contributed by atoms with van der Waals surface area (Å²) in [4.78, 5) is 20.7. The Morgan fingerprint density at radius 3 is 2.73 bits per heavy atom. The van der Waals surface area contributed by atoms with Gasteiger partial charge in [0.15, 0.2) is 0 Å². The topological polar surface area (TPSA) is 96.4 Å². The molecule has 0 fully saturated rings. The van der Waals surface area contributed by atoms with Crippen LogP contribution in [0.3, 0.4) is 0 Å². The SMILES string of the molecule is COC(=O)c1cnccc1Nc1cc(-c2cc(Cl)ccc2F)ncc1C(C)CN[C@@H](C)CO. The van der Waals surface area contributed by atoms with Crippen molar-refractivity contribution in [2.24, 2.45) is 0 Å². The molecular weight excluding hydrogens is 447 g/mol. The number of ether oxygens (including phenoxy) is 1. The van der Waals surface area contributed by atoms with Gasteiger partial charge in [-0.2, -0.15) is 0 Å². The highest BCUT2D eigenvalue weighted by atomic mass is 35.5. The number of aromatic nitrogens is 2. The quantitative estimate of drug-likeness (QED) is 0.393. The predicted octanol–water partition coefficient (Wildman–Crippen LogP) is 4.54. The largest absolute Gasteiger partial charge is 0.465 e. The number of methoxy groups -OCH3 is 1. The molecule has 0 amide bonds. The third-order valence-corrected chi connectivity index (χ3v) is 5.45. The van der Waals surface area contributed by atoms with Crippen molar-refractivity contribution in [3.8, 4) is 11.3 Å². The first kappa shape index (κ1) is 24.6. The molecule has 1 unspecified atom stereocenters. The molecule has 1 aromatic carbocycles. The molecule has 7 nitrogen and oxygen atoms in total. The molecule has 0 spiro atoms. The third-order valence-electron chi connectivity index (χ3n) is 5.21. The zero-order valence-electron chi connectivity index (χ0n) is 18.6. The van der Waals surface area contributed by atoms with E-state index in [-0.39, 0.29) is 29.7 Å². The summed E-state index contributed by atoms with van der Waals surface area (Å²) in [7, 11) is 1.30. The number of carbonyl (C=O) groups excluding carboxylic acids is 1. The lowest BCUT2D eigenvalue weighted by atomic mass is 9.98. The summed E-state index contributed by atoms with van der Waals surface area (Å²) in [5, 5.41) is 16.2. The first-order chi connectivity index (χ1) is 15.8. The van der Waals surface area contributed by atoms with Crippen molar-refractivity contribution in [2.45, 2.75) is 25.8 Å². The van der Waals surface area contributed by atoms with E-state index in [4.69, 9.17) is 16.3 Å². The Morgan fingerprint density at radius 1 is 1.21 bits per heavy atom. The number of halogens is 2. The number of nitrogens with zero attached hydrogens (tertiary/aromatic N) is 2. The average molecular weight is 473 g/mol. The van der Waals surface area contributed by atoms with Gasteiger partial charge < -0.3 is 20.5 Å². The number of carbonyl (C=O) groups is 1. The minimum Gasteiger partial charge on any atom is -0.465 e. The van der Waals surface area contributed by atoms with Gasteiger partial charge in [0.1, 0.15) is 11.4 Å². The van der Waals surface area contributed by atoms with Gasteiger partial charge in [-0.3, -0.25) is 9.97 Å². The van der Waals surface area contributed by atoms with Gasteiger partial charge in [0, 0.05) is 47.5 Å². The van der Waals surface area contributed by atoms with E-state index in [0.717, 1.165) is 5.56 Å². The van der Waals surface area contributed by atoms with Crippen LogP contribution in [-0.2, 0) is 4.74 Å². The molecule has 3 rings (SSSR count). The van der Waals surface area contributed by atoms with E-state index in [9.17, 15) is 14.3 Å². The molecule has 2 heterocycles. The van der Waals surface area contributed by atoms with Crippen molar-refractivity contribution < 1.29 is 19.0 Å². The molecule has 9 heteroatoms. The fourth-order valence-electron chi connectivity index (χ4n) is 3.28. The number of pyridine rings is 2. The minimum atomic E-state index is -0.534. The number of anilines is 2. The third kappa shape index (κ3) is 6.04. The maximum atomic E-state index is 14.5. The lowest BCUT2D eigenvalue weighted by Gasteiger charge is -2.21. The van der Waals surface area contributed by atoms with Crippen LogP contribution in [-0.4, -0.2) is 47.3 Å². The van der Waals surface area contributed by atoms with Gasteiger partial charge in [-0.25, -0.2) is 9.18 Å². The highest BCUT2D eigenvalue weighted by Gasteiger charge is 2.18. The Labute approximate surface area is 197 Å². The standard InChI is InChI=1S/C24H26ClFN4O3/c1-14(10-28-15(2)13-31)18-12-29-22(17-8-16(25)4-5-20(17)26)9-23(18)30-21-6-7-27-11-19(21)24(32)33-3/h4-9,11-12,14-15,28,31H,10,13H2,1-3H3,(H,27,29,30)/t14?,15-/m0/s1. The second kappa shape index (κ2) is 11.2. The van der Waals surface area contributed by atoms with Gasteiger partial charge in [-0.1, -0.05) is 18.5 Å². The molecule has 2 aromatic heterocycles. The number of hydrogen-bond donors (Lipinski definition) is 3. The zero-order valence-corrected chi connectivity index (χ0v) is 19.4. The monoisotopic (exact) mass is 472 g/mol. The van der Waals surface area contributed by atoms with E-state index in [1.165, 1.54) is 31.5 Å². The maximum Gasteiger partial charge on any atom is 0.341 e. The summed E-state index contributed by atoms with van der Waals surface area (Å²) in [5.74, 6) is -0.999. The molecule has 0 saturated carbocycles. The summed E-state index contributed by atoms with van der Waals surface area (Å²) in [6.07, 6.45) is 4.65. The molecular formula is C24H26ClFN4O3. The number of hydrogen-bond acceptors (Lipinski definition) is 7. The van der Waals surface area contributed by atoms with Gasteiger partial charge >= 0.3 is 5.97 Å². The van der Waals surface area contributed by atoms with Crippen molar-refractivity contribution in [2.75, 3.05) is 25.6 Å². The number of benzene rings is 1. The number of aliphatic hydroxyl groups is 1. The molecule has 2 atom stereocenters. The van der Waals surface area contributed by atoms with Crippen molar-refractivity contribution in [3.63, 3.8) is 0 Å². The van der Waals surface area contributed by atoms with Crippen LogP contribution in [0.1, 0.15) is 35.7 Å². The Bertz CT molecular complexity index is 1130. The smallest absolute Gasteiger partial charge is 0.341 e. The fraction of sp³-hybridized carbons (Fsp3) is 0.292. The highest BCUT2D eigenvalue weighted by Crippen LogP contribution is 2.33. The van der Waals surface area contributed by atoms with Gasteiger partial charge in [0.05, 0.1) is 25.1 Å². The molecule has 0 aliphatic carbocycles. The van der Waals surface area contributed by atoms with Gasteiger partial charge in [0.25, 0.3) is 0 Å². The van der Waals surface area contributed by atoms with Crippen molar-refractivity contribution in [1.29, 1.82) is 0 Å². The Hall–Kier alpha value is -3.07. The normalized spacial score (nSPS) is 12.8. The first-order valence-corrected chi connectivity index (χ1v) is 10.8. The van der Waals surface area contributed by atoms with Crippen LogP contribution in [0.4, 0.5) is 15.8 Å². The van der Waals surface area contributed by atoms with E-state index in [1.54, 1.807) is 24.5 Å². The first-order valence-electron chi connectivity index (χ1n) is 10.4. The molecule has 33 heavy (non-hydrogen) atoms. The van der Waals surface area contributed by atoms with E-state index in [0.29, 0.717) is 28.6 Å². The Balaban J connectivity index is 2.06. The highest BCUT2D eigenvalue weighted by molar-refractivity contribution is 6.30. The lowest BCUT2D eigenvalue weighted by molar-refractivity contribution is 0.0601. The van der Waals surface area contributed by atoms with Crippen LogP contribution in [0.15, 0.2) is 48.9 Å². The van der Waals surface area contributed by atoms with Gasteiger partial charge in [-0.15, -0.1) is 0 Å². The predicted molar refractivity (Wildman–Crippen MR) is 126 cm³/mol. The molecule has 0 aliphatic rings. The van der Waals surface area contributed by atoms with Crippen LogP contribution in [0.5, 0.6) is 0 Å². The van der Waals surface area contributed by atoms with Crippen molar-refractivity contribution >= 4 is 28.9 Å². The molecule has 0 aliphatic heterocycles. The van der Waals surface area contributed by atoms with Crippen LogP contribution in [0.2, 0.25) is 5.02 Å². The summed E-state index contributed by atoms with van der Waals surface area (Å²) in [6, 6.07) is 7.60. The summed E-state index contributed by atoms with van der Waals surface area (Å²) in [5.41, 5.74) is 2.88. The summed E-state index contributed by atoms with van der Waals surface area (Å²) in [6.45, 7) is 4.48. The van der Waals surface area contributed by atoms with Crippen LogP contribution >= 0.6 is 11.6 Å². The molecule has 0 radical (unpaired) electrons. The molecule has 0 bridgehead atoms. The fourth-order valence-corrected chi connectivity index (χ4v) is 3.45. The van der Waals surface area contributed by atoms with Crippen LogP contribution in [0, 0.1) is 5.82 Å². The van der Waals surface area contributed by atoms with E-state index < -0.39 is 11.8 Å². The van der Waals surface area contributed by atoms with Gasteiger partial charge in [0.2, 0.25) is 0 Å². The second-order valence-electron chi connectivity index (χ2n) is 7.71. The number of rotatable bonds is 9. The van der Waals surface area contributed by atoms with Crippen molar-refractivity contribution in [1.82, 2.24) is 15.3 Å². The van der Waals surface area contributed by atoms with Crippen LogP contribution in [0.25, 0.3) is 11.3 Å². The number of aliphatic hydroxyl groups excluding tert-OH is 1. The minimum absolute atomic E-state index is 0.0164. The van der Waals surface area contributed by atoms with Gasteiger partial charge in [-0.05, 0) is 48.7 Å². The molecule has 3 N–H and O–H groups in total. The Kier molecular flexibility index (Phi) is 8.32. The van der Waals surface area contributed by atoms with E-state index >= 15 is 0 Å². The number of nitrogens with one attached hydrogen (secondary N) is 2. The van der Waals surface area contributed by atoms with E-state index in [1.807, 2.05) is 13.8 Å². The molecule has 0 saturated heterocycles. The maximum absolute atomic E-state index is 14.5. The molecule has 174 valence electrons. The zero-order chi connectivity index (χ0) is 24.0. The Morgan fingerprint density at radius 2 is 2.00 bits per heavy atom. The second-order valence-corrected chi connectivity index (χ2v) is 8.15. The average Bonchev–Trinajstić information content (AvgIpc) is 2.83. The lowest BCUT2D eigenvalue weighted by Crippen LogP contribution is -2.32. The molecule has 3 aromatic rings. The van der Waals surface area contributed by atoms with Crippen molar-refractivity contribution in [3.05, 3.63) is 70.9 Å². The van der Waals surface area contributed by atoms with Crippen LogP contribution < -0.4 is 10.6 Å². The summed E-state index contributed by atoms with van der Waals surface area (Å²) < 4.78 is 19.4.